The highest BCUT2D eigenvalue weighted by Crippen LogP contribution is 2.30. The van der Waals surface area contributed by atoms with Crippen molar-refractivity contribution in [3.05, 3.63) is 21.9 Å². The van der Waals surface area contributed by atoms with Gasteiger partial charge in [-0.1, -0.05) is 27.7 Å². The second-order valence-corrected chi connectivity index (χ2v) is 5.45. The Hall–Kier alpha value is -0.340. The molecule has 0 aliphatic carbocycles. The largest absolute Gasteiger partial charge is 0.323 e. The van der Waals surface area contributed by atoms with Crippen LogP contribution < -0.4 is 5.73 Å². The van der Waals surface area contributed by atoms with Gasteiger partial charge in [0.25, 0.3) is 0 Å². The molecule has 1 aromatic heterocycles. The van der Waals surface area contributed by atoms with Crippen LogP contribution in [0.3, 0.4) is 0 Å². The third-order valence-electron chi connectivity index (χ3n) is 2.29. The van der Waals surface area contributed by atoms with Gasteiger partial charge in [0, 0.05) is 10.9 Å². The summed E-state index contributed by atoms with van der Waals surface area (Å²) in [6.45, 7) is 8.82. The third-order valence-corrected chi connectivity index (χ3v) is 3.36. The van der Waals surface area contributed by atoms with Gasteiger partial charge in [0.2, 0.25) is 0 Å². The minimum Gasteiger partial charge on any atom is -0.323 e. The van der Waals surface area contributed by atoms with Crippen LogP contribution in [0.4, 0.5) is 0 Å². The average molecular weight is 197 g/mol. The second-order valence-electron chi connectivity index (χ2n) is 4.50. The van der Waals surface area contributed by atoms with E-state index in [-0.39, 0.29) is 11.5 Å². The minimum absolute atomic E-state index is 0.223. The minimum atomic E-state index is 0.223. The zero-order chi connectivity index (χ0) is 10.1. The summed E-state index contributed by atoms with van der Waals surface area (Å²) in [4.78, 5) is 1.31. The van der Waals surface area contributed by atoms with Crippen LogP contribution in [0.25, 0.3) is 0 Å². The molecule has 2 N–H and O–H groups in total. The van der Waals surface area contributed by atoms with Crippen molar-refractivity contribution in [1.82, 2.24) is 0 Å². The first-order valence-corrected chi connectivity index (χ1v) is 5.67. The van der Waals surface area contributed by atoms with Gasteiger partial charge in [-0.3, -0.25) is 0 Å². The maximum absolute atomic E-state index is 5.96. The summed E-state index contributed by atoms with van der Waals surface area (Å²) in [5.74, 6) is 0. The highest BCUT2D eigenvalue weighted by atomic mass is 32.1. The Bertz CT molecular complexity index is 270. The summed E-state index contributed by atoms with van der Waals surface area (Å²) in [5.41, 5.74) is 7.61. The number of thiophene rings is 1. The predicted octanol–water partition coefficient (Wildman–Crippen LogP) is 3.46. The lowest BCUT2D eigenvalue weighted by atomic mass is 9.89. The van der Waals surface area contributed by atoms with Gasteiger partial charge in [-0.2, -0.15) is 0 Å². The van der Waals surface area contributed by atoms with Crippen molar-refractivity contribution in [1.29, 1.82) is 0 Å². The van der Waals surface area contributed by atoms with Crippen molar-refractivity contribution >= 4 is 11.3 Å². The second kappa shape index (κ2) is 3.81. The van der Waals surface area contributed by atoms with E-state index in [2.05, 4.69) is 39.1 Å². The smallest absolute Gasteiger partial charge is 0.0387 e. The zero-order valence-corrected chi connectivity index (χ0v) is 9.74. The van der Waals surface area contributed by atoms with Gasteiger partial charge >= 0.3 is 0 Å². The third kappa shape index (κ3) is 2.55. The van der Waals surface area contributed by atoms with E-state index in [0.29, 0.717) is 0 Å². The van der Waals surface area contributed by atoms with Crippen LogP contribution in [0.5, 0.6) is 0 Å². The number of rotatable bonds is 2. The Labute approximate surface area is 85.0 Å². The molecule has 1 atom stereocenters. The molecule has 1 rings (SSSR count). The quantitative estimate of drug-likeness (QED) is 0.772. The first-order valence-electron chi connectivity index (χ1n) is 4.79. The Balaban J connectivity index is 2.87. The van der Waals surface area contributed by atoms with Crippen molar-refractivity contribution in [2.75, 3.05) is 0 Å². The Kier molecular flexibility index (Phi) is 3.14. The Morgan fingerprint density at radius 1 is 1.46 bits per heavy atom. The number of hydrogen-bond acceptors (Lipinski definition) is 2. The van der Waals surface area contributed by atoms with Gasteiger partial charge in [0.05, 0.1) is 0 Å². The van der Waals surface area contributed by atoms with Crippen LogP contribution in [0, 0.1) is 0 Å². The average Bonchev–Trinajstić information content (AvgIpc) is 2.50. The van der Waals surface area contributed by atoms with Gasteiger partial charge < -0.3 is 5.73 Å². The van der Waals surface area contributed by atoms with Gasteiger partial charge in [-0.25, -0.2) is 0 Å². The molecule has 0 fully saturated rings. The summed E-state index contributed by atoms with van der Waals surface area (Å²) in [6.07, 6.45) is 1.02. The van der Waals surface area contributed by atoms with E-state index in [0.717, 1.165) is 6.42 Å². The molecule has 0 saturated heterocycles. The molecule has 2 heteroatoms. The molecule has 0 aliphatic rings. The van der Waals surface area contributed by atoms with Crippen LogP contribution >= 0.6 is 11.3 Å². The van der Waals surface area contributed by atoms with E-state index in [1.54, 1.807) is 11.3 Å². The molecule has 1 heterocycles. The van der Waals surface area contributed by atoms with Crippen LogP contribution in [-0.2, 0) is 5.41 Å². The van der Waals surface area contributed by atoms with Crippen molar-refractivity contribution < 1.29 is 0 Å². The molecule has 0 bridgehead atoms. The van der Waals surface area contributed by atoms with Gasteiger partial charge in [-0.15, -0.1) is 11.3 Å². The highest BCUT2D eigenvalue weighted by Gasteiger charge is 2.16. The lowest BCUT2D eigenvalue weighted by Gasteiger charge is -2.16. The van der Waals surface area contributed by atoms with E-state index in [1.165, 1.54) is 10.4 Å². The summed E-state index contributed by atoms with van der Waals surface area (Å²) in [6, 6.07) is 2.47. The normalized spacial score (nSPS) is 14.5. The molecule has 1 unspecified atom stereocenters. The van der Waals surface area contributed by atoms with Crippen LogP contribution in [0.1, 0.15) is 50.6 Å². The van der Waals surface area contributed by atoms with E-state index >= 15 is 0 Å². The lowest BCUT2D eigenvalue weighted by Crippen LogP contribution is -2.10. The summed E-state index contributed by atoms with van der Waals surface area (Å²) in [7, 11) is 0. The fourth-order valence-electron chi connectivity index (χ4n) is 1.14. The van der Waals surface area contributed by atoms with Crippen LogP contribution in [0.15, 0.2) is 11.4 Å². The molecular formula is C11H19NS. The molecule has 1 aromatic rings. The Morgan fingerprint density at radius 3 is 2.46 bits per heavy atom. The monoisotopic (exact) mass is 197 g/mol. The first-order chi connectivity index (χ1) is 5.95. The SMILES string of the molecule is CCC(N)c1cc(C(C)(C)C)cs1. The summed E-state index contributed by atoms with van der Waals surface area (Å²) in [5, 5.41) is 2.23. The molecule has 0 aliphatic heterocycles. The Morgan fingerprint density at radius 2 is 2.08 bits per heavy atom. The van der Waals surface area contributed by atoms with Gasteiger partial charge in [0.1, 0.15) is 0 Å². The van der Waals surface area contributed by atoms with Crippen LogP contribution in [-0.4, -0.2) is 0 Å². The van der Waals surface area contributed by atoms with Gasteiger partial charge in [-0.05, 0) is 28.8 Å². The van der Waals surface area contributed by atoms with Crippen LogP contribution in [0.2, 0.25) is 0 Å². The van der Waals surface area contributed by atoms with E-state index in [9.17, 15) is 0 Å². The number of hydrogen-bond donors (Lipinski definition) is 1. The molecule has 0 saturated carbocycles. The maximum atomic E-state index is 5.96. The van der Waals surface area contributed by atoms with Crippen molar-refractivity contribution in [2.45, 2.75) is 45.6 Å². The predicted molar refractivity (Wildman–Crippen MR) is 60.2 cm³/mol. The fourth-order valence-corrected chi connectivity index (χ4v) is 2.36. The molecule has 0 amide bonds. The summed E-state index contributed by atoms with van der Waals surface area (Å²) >= 11 is 1.78. The van der Waals surface area contributed by atoms with E-state index in [1.807, 2.05) is 0 Å². The fraction of sp³-hybridized carbons (Fsp3) is 0.636. The maximum Gasteiger partial charge on any atom is 0.0387 e. The topological polar surface area (TPSA) is 26.0 Å². The van der Waals surface area contributed by atoms with Crippen molar-refractivity contribution in [3.8, 4) is 0 Å². The molecule has 0 radical (unpaired) electrons. The molecule has 1 nitrogen and oxygen atoms in total. The van der Waals surface area contributed by atoms with Gasteiger partial charge in [0.15, 0.2) is 0 Å². The zero-order valence-electron chi connectivity index (χ0n) is 8.92. The first kappa shape index (κ1) is 10.7. The van der Waals surface area contributed by atoms with E-state index in [4.69, 9.17) is 5.73 Å². The van der Waals surface area contributed by atoms with Crippen molar-refractivity contribution in [3.63, 3.8) is 0 Å². The molecule has 0 aromatic carbocycles. The highest BCUT2D eigenvalue weighted by molar-refractivity contribution is 7.10. The molecule has 13 heavy (non-hydrogen) atoms. The lowest BCUT2D eigenvalue weighted by molar-refractivity contribution is 0.591. The summed E-state index contributed by atoms with van der Waals surface area (Å²) < 4.78 is 0. The number of nitrogens with two attached hydrogens (primary N) is 1. The van der Waals surface area contributed by atoms with E-state index < -0.39 is 0 Å². The molecule has 0 spiro atoms. The van der Waals surface area contributed by atoms with Crippen molar-refractivity contribution in [2.24, 2.45) is 5.73 Å². The standard InChI is InChI=1S/C11H19NS/c1-5-9(12)10-6-8(7-13-10)11(2,3)4/h6-7,9H,5,12H2,1-4H3. The molecular weight excluding hydrogens is 178 g/mol. The molecule has 74 valence electrons.